The molecule has 0 aliphatic rings. The number of aromatic nitrogens is 1. The van der Waals surface area contributed by atoms with Crippen molar-refractivity contribution in [2.75, 3.05) is 7.11 Å². The van der Waals surface area contributed by atoms with Gasteiger partial charge < -0.3 is 14.9 Å². The standard InChI is InChI=1S/C18H12FNO5/c1-25-15-5-2-10(19)7-13(15)9-6-14-11(17(21)22)3-4-12(18(23)24)16(14)20-8-9/h2-8H,1H3,(H,21,22)(H,23,24). The number of halogens is 1. The Morgan fingerprint density at radius 3 is 2.36 bits per heavy atom. The summed E-state index contributed by atoms with van der Waals surface area (Å²) in [4.78, 5) is 26.9. The highest BCUT2D eigenvalue weighted by molar-refractivity contribution is 6.10. The fourth-order valence-electron chi connectivity index (χ4n) is 2.63. The van der Waals surface area contributed by atoms with Gasteiger partial charge in [-0.1, -0.05) is 0 Å². The summed E-state index contributed by atoms with van der Waals surface area (Å²) in [5.74, 6) is -2.54. The molecule has 3 rings (SSSR count). The molecule has 0 aliphatic heterocycles. The summed E-state index contributed by atoms with van der Waals surface area (Å²) in [6, 6.07) is 7.80. The second-order valence-corrected chi connectivity index (χ2v) is 5.24. The third-order valence-corrected chi connectivity index (χ3v) is 3.78. The van der Waals surface area contributed by atoms with Gasteiger partial charge in [0.15, 0.2) is 0 Å². The zero-order valence-electron chi connectivity index (χ0n) is 13.0. The number of nitrogens with zero attached hydrogens (tertiary/aromatic N) is 1. The Morgan fingerprint density at radius 1 is 1.04 bits per heavy atom. The van der Waals surface area contributed by atoms with E-state index in [0.717, 1.165) is 0 Å². The highest BCUT2D eigenvalue weighted by Gasteiger charge is 2.18. The molecule has 0 fully saturated rings. The van der Waals surface area contributed by atoms with Gasteiger partial charge in [-0.05, 0) is 36.4 Å². The monoisotopic (exact) mass is 341 g/mol. The lowest BCUT2D eigenvalue weighted by Crippen LogP contribution is -2.04. The van der Waals surface area contributed by atoms with E-state index in [1.165, 1.54) is 49.7 Å². The first-order chi connectivity index (χ1) is 11.9. The van der Waals surface area contributed by atoms with Gasteiger partial charge >= 0.3 is 11.9 Å². The quantitative estimate of drug-likeness (QED) is 0.754. The Bertz CT molecular complexity index is 1020. The minimum absolute atomic E-state index is 0.0477. The summed E-state index contributed by atoms with van der Waals surface area (Å²) in [6.07, 6.45) is 1.36. The lowest BCUT2D eigenvalue weighted by atomic mass is 9.99. The van der Waals surface area contributed by atoms with Crippen LogP contribution in [0.15, 0.2) is 42.6 Å². The van der Waals surface area contributed by atoms with Crippen molar-refractivity contribution in [3.63, 3.8) is 0 Å². The van der Waals surface area contributed by atoms with E-state index >= 15 is 0 Å². The second kappa shape index (κ2) is 6.20. The van der Waals surface area contributed by atoms with Gasteiger partial charge in [0.2, 0.25) is 0 Å². The lowest BCUT2D eigenvalue weighted by molar-refractivity contribution is 0.0684. The van der Waals surface area contributed by atoms with Gasteiger partial charge in [-0.15, -0.1) is 0 Å². The highest BCUT2D eigenvalue weighted by atomic mass is 19.1. The fourth-order valence-corrected chi connectivity index (χ4v) is 2.63. The summed E-state index contributed by atoms with van der Waals surface area (Å²) in [5, 5.41) is 18.8. The zero-order chi connectivity index (χ0) is 18.1. The number of pyridine rings is 1. The van der Waals surface area contributed by atoms with Crippen LogP contribution in [0.3, 0.4) is 0 Å². The second-order valence-electron chi connectivity index (χ2n) is 5.24. The Kier molecular flexibility index (Phi) is 4.06. The Labute approximate surface area is 141 Å². The molecule has 0 spiro atoms. The molecule has 25 heavy (non-hydrogen) atoms. The first-order valence-electron chi connectivity index (χ1n) is 7.15. The van der Waals surface area contributed by atoms with Crippen molar-refractivity contribution >= 4 is 22.8 Å². The van der Waals surface area contributed by atoms with Crippen LogP contribution in [0, 0.1) is 5.82 Å². The highest BCUT2D eigenvalue weighted by Crippen LogP contribution is 2.33. The van der Waals surface area contributed by atoms with Crippen molar-refractivity contribution in [1.82, 2.24) is 4.98 Å². The third kappa shape index (κ3) is 2.87. The smallest absolute Gasteiger partial charge is 0.337 e. The molecule has 0 aliphatic carbocycles. The van der Waals surface area contributed by atoms with E-state index in [-0.39, 0.29) is 22.0 Å². The molecule has 2 N–H and O–H groups in total. The van der Waals surface area contributed by atoms with Crippen LogP contribution in [0.1, 0.15) is 20.7 Å². The van der Waals surface area contributed by atoms with Gasteiger partial charge in [-0.25, -0.2) is 14.0 Å². The zero-order valence-corrected chi connectivity index (χ0v) is 13.0. The van der Waals surface area contributed by atoms with E-state index in [4.69, 9.17) is 4.74 Å². The van der Waals surface area contributed by atoms with Crippen LogP contribution in [0.2, 0.25) is 0 Å². The number of rotatable bonds is 4. The summed E-state index contributed by atoms with van der Waals surface area (Å²) in [6.45, 7) is 0. The number of aromatic carboxylic acids is 2. The molecule has 0 saturated heterocycles. The first kappa shape index (κ1) is 16.4. The Morgan fingerprint density at radius 2 is 1.72 bits per heavy atom. The average Bonchev–Trinajstić information content (AvgIpc) is 2.59. The number of fused-ring (bicyclic) bond motifs is 1. The summed E-state index contributed by atoms with van der Waals surface area (Å²) in [5.41, 5.74) is 0.636. The Balaban J connectivity index is 2.34. The minimum Gasteiger partial charge on any atom is -0.496 e. The molecule has 0 atom stereocenters. The largest absolute Gasteiger partial charge is 0.496 e. The van der Waals surface area contributed by atoms with Gasteiger partial charge in [-0.2, -0.15) is 0 Å². The first-order valence-corrected chi connectivity index (χ1v) is 7.15. The van der Waals surface area contributed by atoms with E-state index in [9.17, 15) is 24.2 Å². The number of benzene rings is 2. The van der Waals surface area contributed by atoms with Crippen molar-refractivity contribution in [2.45, 2.75) is 0 Å². The van der Waals surface area contributed by atoms with E-state index in [0.29, 0.717) is 16.9 Å². The van der Waals surface area contributed by atoms with Crippen LogP contribution < -0.4 is 4.74 Å². The molecule has 126 valence electrons. The molecule has 0 unspecified atom stereocenters. The van der Waals surface area contributed by atoms with Crippen molar-refractivity contribution in [3.8, 4) is 16.9 Å². The van der Waals surface area contributed by atoms with Crippen LogP contribution >= 0.6 is 0 Å². The number of carbonyl (C=O) groups is 2. The van der Waals surface area contributed by atoms with Crippen LogP contribution in [-0.4, -0.2) is 34.2 Å². The molecule has 0 radical (unpaired) electrons. The third-order valence-electron chi connectivity index (χ3n) is 3.78. The summed E-state index contributed by atoms with van der Waals surface area (Å²) in [7, 11) is 1.43. The van der Waals surface area contributed by atoms with Crippen molar-refractivity contribution < 1.29 is 28.9 Å². The molecule has 0 amide bonds. The van der Waals surface area contributed by atoms with Crippen molar-refractivity contribution in [2.24, 2.45) is 0 Å². The topological polar surface area (TPSA) is 96.7 Å². The molecule has 3 aromatic rings. The predicted octanol–water partition coefficient (Wildman–Crippen LogP) is 3.45. The summed E-state index contributed by atoms with van der Waals surface area (Å²) >= 11 is 0. The number of hydrogen-bond acceptors (Lipinski definition) is 4. The number of ether oxygens (including phenoxy) is 1. The molecule has 7 heteroatoms. The van der Waals surface area contributed by atoms with E-state index < -0.39 is 17.8 Å². The van der Waals surface area contributed by atoms with E-state index in [1.54, 1.807) is 0 Å². The van der Waals surface area contributed by atoms with Crippen molar-refractivity contribution in [3.05, 3.63) is 59.5 Å². The number of carboxylic acid groups (broad SMARTS) is 2. The van der Waals surface area contributed by atoms with Crippen LogP contribution in [0.4, 0.5) is 4.39 Å². The maximum atomic E-state index is 13.6. The van der Waals surface area contributed by atoms with Gasteiger partial charge in [0.05, 0.1) is 23.8 Å². The van der Waals surface area contributed by atoms with Crippen LogP contribution in [0.25, 0.3) is 22.0 Å². The molecule has 0 bridgehead atoms. The molecule has 6 nitrogen and oxygen atoms in total. The molecule has 0 saturated carbocycles. The van der Waals surface area contributed by atoms with Crippen molar-refractivity contribution in [1.29, 1.82) is 0 Å². The predicted molar refractivity (Wildman–Crippen MR) is 87.6 cm³/mol. The van der Waals surface area contributed by atoms with Gasteiger partial charge in [-0.3, -0.25) is 4.98 Å². The molecule has 1 heterocycles. The minimum atomic E-state index is -1.22. The maximum Gasteiger partial charge on any atom is 0.337 e. The molecular formula is C18H12FNO5. The molecular weight excluding hydrogens is 329 g/mol. The SMILES string of the molecule is COc1ccc(F)cc1-c1cnc2c(C(=O)O)ccc(C(=O)O)c2c1. The number of carboxylic acids is 2. The Hall–Kier alpha value is -3.48. The normalized spacial score (nSPS) is 10.6. The van der Waals surface area contributed by atoms with E-state index in [2.05, 4.69) is 4.98 Å². The van der Waals surface area contributed by atoms with Gasteiger partial charge in [0.1, 0.15) is 11.6 Å². The number of methoxy groups -OCH3 is 1. The average molecular weight is 341 g/mol. The maximum absolute atomic E-state index is 13.6. The van der Waals surface area contributed by atoms with Crippen LogP contribution in [0.5, 0.6) is 5.75 Å². The molecule has 2 aromatic carbocycles. The molecule has 1 aromatic heterocycles. The number of hydrogen-bond donors (Lipinski definition) is 2. The summed E-state index contributed by atoms with van der Waals surface area (Å²) < 4.78 is 18.8. The fraction of sp³-hybridized carbons (Fsp3) is 0.0556. The van der Waals surface area contributed by atoms with Gasteiger partial charge in [0, 0.05) is 22.7 Å². The lowest BCUT2D eigenvalue weighted by Gasteiger charge is -2.11. The van der Waals surface area contributed by atoms with Crippen LogP contribution in [-0.2, 0) is 0 Å². The van der Waals surface area contributed by atoms with Gasteiger partial charge in [0.25, 0.3) is 0 Å². The van der Waals surface area contributed by atoms with E-state index in [1.807, 2.05) is 0 Å².